The first-order chi connectivity index (χ1) is 2.77. The van der Waals surface area contributed by atoms with E-state index in [0.717, 1.165) is 0 Å². The van der Waals surface area contributed by atoms with Gasteiger partial charge < -0.3 is 0 Å². The Kier molecular flexibility index (Phi) is 2.11. The highest BCUT2D eigenvalue weighted by Gasteiger charge is 1.74. The number of carbonyl (C=O) groups excluding carboxylic acids is 1. The minimum absolute atomic E-state index is 0.319. The molecule has 0 aliphatic heterocycles. The Labute approximate surface area is 37.2 Å². The molecule has 0 aromatic carbocycles. The Morgan fingerprint density at radius 1 is 2.00 bits per heavy atom. The van der Waals surface area contributed by atoms with E-state index in [4.69, 9.17) is 5.53 Å². The molecule has 0 N–H and O–H groups in total. The first-order valence-electron chi connectivity index (χ1n) is 1.33. The molecule has 0 radical (unpaired) electrons. The number of nitrogens with zero attached hydrogens (tertiary/aromatic N) is 3. The SMILES string of the molecule is [N-]=[N+]=NC(=O)[SiH3]. The molecule has 1 amide bonds. The number of amides is 1. The standard InChI is InChI=1S/CH3N3OSi/c2-4-3-1(5)6/h6H3. The number of hydrogen-bond acceptors (Lipinski definition) is 1. The van der Waals surface area contributed by atoms with Gasteiger partial charge in [-0.2, -0.15) is 0 Å². The predicted molar refractivity (Wildman–Crippen MR) is 24.5 cm³/mol. The minimum Gasteiger partial charge on any atom is -0.300 e. The number of rotatable bonds is 0. The summed E-state index contributed by atoms with van der Waals surface area (Å²) in [6.07, 6.45) is 0. The van der Waals surface area contributed by atoms with Gasteiger partial charge in [0.05, 0.1) is 10.2 Å². The van der Waals surface area contributed by atoms with Crippen LogP contribution in [0.1, 0.15) is 0 Å². The average Bonchev–Trinajstić information content (AvgIpc) is 1.35. The Balaban J connectivity index is 3.60. The molecule has 0 bridgehead atoms. The van der Waals surface area contributed by atoms with Crippen LogP contribution in [0.25, 0.3) is 10.4 Å². The predicted octanol–water partition coefficient (Wildman–Crippen LogP) is -0.218. The molecule has 0 aromatic heterocycles. The van der Waals surface area contributed by atoms with Crippen LogP contribution in [0.2, 0.25) is 0 Å². The molecule has 0 aliphatic carbocycles. The van der Waals surface area contributed by atoms with E-state index in [0.29, 0.717) is 10.2 Å². The van der Waals surface area contributed by atoms with Crippen molar-refractivity contribution in [1.29, 1.82) is 0 Å². The Morgan fingerprint density at radius 2 is 2.50 bits per heavy atom. The van der Waals surface area contributed by atoms with E-state index in [-0.39, 0.29) is 5.53 Å². The number of azide groups is 1. The lowest BCUT2D eigenvalue weighted by molar-refractivity contribution is 0.266. The highest BCUT2D eigenvalue weighted by molar-refractivity contribution is 6.57. The van der Waals surface area contributed by atoms with Gasteiger partial charge in [-0.1, -0.05) is 0 Å². The monoisotopic (exact) mass is 101 g/mol. The second kappa shape index (κ2) is 2.44. The van der Waals surface area contributed by atoms with Gasteiger partial charge in [0, 0.05) is 4.91 Å². The van der Waals surface area contributed by atoms with Gasteiger partial charge in [0.2, 0.25) is 0 Å². The maximum Gasteiger partial charge on any atom is 0.184 e. The van der Waals surface area contributed by atoms with Gasteiger partial charge in [0.1, 0.15) is 0 Å². The van der Waals surface area contributed by atoms with Crippen molar-refractivity contribution in [2.75, 3.05) is 0 Å². The fraction of sp³-hybridized carbons (Fsp3) is 0. The van der Waals surface area contributed by atoms with E-state index in [9.17, 15) is 4.79 Å². The number of hydrogen-bond donors (Lipinski definition) is 0. The third-order valence-corrected chi connectivity index (χ3v) is 0.386. The lowest BCUT2D eigenvalue weighted by atomic mass is 11.4. The zero-order chi connectivity index (χ0) is 4.99. The van der Waals surface area contributed by atoms with Gasteiger partial charge in [0.25, 0.3) is 0 Å². The molecule has 0 saturated heterocycles. The summed E-state index contributed by atoms with van der Waals surface area (Å²) in [5, 5.41) is 2.73. The van der Waals surface area contributed by atoms with Crippen molar-refractivity contribution in [3.63, 3.8) is 0 Å². The van der Waals surface area contributed by atoms with Gasteiger partial charge in [-0.25, -0.2) is 0 Å². The Bertz CT molecular complexity index is 103. The first-order valence-corrected chi connectivity index (χ1v) is 2.33. The van der Waals surface area contributed by atoms with E-state index in [1.54, 1.807) is 0 Å². The maximum absolute atomic E-state index is 9.69. The average molecular weight is 101 g/mol. The normalized spacial score (nSPS) is 6.67. The molecule has 6 heavy (non-hydrogen) atoms. The summed E-state index contributed by atoms with van der Waals surface area (Å²) in [4.78, 5) is 11.9. The van der Waals surface area contributed by atoms with Crippen LogP contribution in [0, 0.1) is 0 Å². The van der Waals surface area contributed by atoms with Crippen LogP contribution in [0.5, 0.6) is 0 Å². The maximum atomic E-state index is 9.69. The summed E-state index contributed by atoms with van der Waals surface area (Å²) in [7, 11) is 0.319. The fourth-order valence-electron chi connectivity index (χ4n) is 0.0630. The molecule has 0 atom stereocenters. The molecular formula is CH3N3OSi. The van der Waals surface area contributed by atoms with Gasteiger partial charge >= 0.3 is 0 Å². The molecule has 0 aliphatic rings. The minimum atomic E-state index is -0.363. The van der Waals surface area contributed by atoms with Crippen LogP contribution < -0.4 is 0 Å². The van der Waals surface area contributed by atoms with Crippen molar-refractivity contribution < 1.29 is 4.79 Å². The summed E-state index contributed by atoms with van der Waals surface area (Å²) < 4.78 is 0. The van der Waals surface area contributed by atoms with Crippen LogP contribution in [0.3, 0.4) is 0 Å². The fourth-order valence-corrected chi connectivity index (χ4v) is 0.152. The molecule has 4 nitrogen and oxygen atoms in total. The van der Waals surface area contributed by atoms with Gasteiger partial charge in [0.15, 0.2) is 5.53 Å². The van der Waals surface area contributed by atoms with Crippen molar-refractivity contribution in [2.45, 2.75) is 0 Å². The molecule has 0 heterocycles. The van der Waals surface area contributed by atoms with E-state index in [1.165, 1.54) is 0 Å². The molecule has 0 rings (SSSR count). The summed E-state index contributed by atoms with van der Waals surface area (Å²) >= 11 is 0. The zero-order valence-corrected chi connectivity index (χ0v) is 5.25. The van der Waals surface area contributed by atoms with Crippen LogP contribution in [-0.2, 0) is 0 Å². The number of carbonyl (C=O) groups is 1. The van der Waals surface area contributed by atoms with Crippen LogP contribution in [0.15, 0.2) is 5.11 Å². The summed E-state index contributed by atoms with van der Waals surface area (Å²) in [5.41, 5.74) is 7.13. The topological polar surface area (TPSA) is 65.8 Å². The van der Waals surface area contributed by atoms with Crippen molar-refractivity contribution in [2.24, 2.45) is 5.11 Å². The van der Waals surface area contributed by atoms with Crippen molar-refractivity contribution in [1.82, 2.24) is 0 Å². The van der Waals surface area contributed by atoms with Gasteiger partial charge in [-0.3, -0.25) is 4.79 Å². The van der Waals surface area contributed by atoms with Crippen molar-refractivity contribution in [3.05, 3.63) is 10.4 Å². The van der Waals surface area contributed by atoms with Gasteiger partial charge in [-0.15, -0.1) is 0 Å². The highest BCUT2D eigenvalue weighted by atomic mass is 28.1. The molecule has 0 unspecified atom stereocenters. The van der Waals surface area contributed by atoms with Crippen molar-refractivity contribution >= 4 is 15.8 Å². The van der Waals surface area contributed by atoms with E-state index < -0.39 is 0 Å². The van der Waals surface area contributed by atoms with Gasteiger partial charge in [-0.05, 0) is 10.6 Å². The molecular weight excluding hydrogens is 98.1 g/mol. The van der Waals surface area contributed by atoms with Crippen molar-refractivity contribution in [3.8, 4) is 0 Å². The highest BCUT2D eigenvalue weighted by Crippen LogP contribution is 1.66. The molecule has 5 heteroatoms. The zero-order valence-electron chi connectivity index (χ0n) is 3.25. The smallest absolute Gasteiger partial charge is 0.184 e. The summed E-state index contributed by atoms with van der Waals surface area (Å²) in [6.45, 7) is 0. The second-order valence-electron chi connectivity index (χ2n) is 0.708. The first kappa shape index (κ1) is 5.20. The third kappa shape index (κ3) is 3.20. The Morgan fingerprint density at radius 3 is 2.50 bits per heavy atom. The third-order valence-electron chi connectivity index (χ3n) is 0.186. The molecule has 0 spiro atoms. The van der Waals surface area contributed by atoms with Crippen LogP contribution >= 0.6 is 0 Å². The molecule has 0 saturated carbocycles. The lowest BCUT2D eigenvalue weighted by Crippen LogP contribution is -1.79. The Hall–Kier alpha value is -0.803. The van der Waals surface area contributed by atoms with Crippen LogP contribution in [0.4, 0.5) is 4.79 Å². The molecule has 32 valence electrons. The molecule has 0 aromatic rings. The van der Waals surface area contributed by atoms with E-state index in [2.05, 4.69) is 10.0 Å². The largest absolute Gasteiger partial charge is 0.300 e. The second-order valence-corrected chi connectivity index (χ2v) is 1.56. The summed E-state index contributed by atoms with van der Waals surface area (Å²) in [6, 6.07) is 0. The molecule has 0 fully saturated rings. The van der Waals surface area contributed by atoms with E-state index >= 15 is 0 Å². The lowest BCUT2D eigenvalue weighted by Gasteiger charge is -1.61. The van der Waals surface area contributed by atoms with Crippen LogP contribution in [-0.4, -0.2) is 15.8 Å². The summed E-state index contributed by atoms with van der Waals surface area (Å²) in [5.74, 6) is 0. The van der Waals surface area contributed by atoms with E-state index in [1.807, 2.05) is 0 Å². The quantitative estimate of drug-likeness (QED) is 0.180.